The lowest BCUT2D eigenvalue weighted by Gasteiger charge is -2.51. The van der Waals surface area contributed by atoms with Gasteiger partial charge in [-0.15, -0.1) is 0 Å². The number of alkyl halides is 1. The van der Waals surface area contributed by atoms with Gasteiger partial charge in [0, 0.05) is 5.92 Å². The smallest absolute Gasteiger partial charge is 0.338 e. The second kappa shape index (κ2) is 12.8. The topological polar surface area (TPSA) is 63.7 Å². The van der Waals surface area contributed by atoms with Gasteiger partial charge in [-0.3, -0.25) is 9.59 Å². The predicted molar refractivity (Wildman–Crippen MR) is 172 cm³/mol. The lowest BCUT2D eigenvalue weighted by Crippen LogP contribution is -2.50. The normalized spacial score (nSPS) is 23.2. The van der Waals surface area contributed by atoms with E-state index in [0.717, 1.165) is 41.5 Å². The van der Waals surface area contributed by atoms with Crippen molar-refractivity contribution in [3.63, 3.8) is 0 Å². The van der Waals surface area contributed by atoms with Crippen LogP contribution in [-0.4, -0.2) is 24.4 Å². The minimum atomic E-state index is -0.799. The molecule has 6 heteroatoms. The molecule has 0 aromatic heterocycles. The lowest BCUT2D eigenvalue weighted by molar-refractivity contribution is -0.122. The van der Waals surface area contributed by atoms with Gasteiger partial charge in [0.05, 0.1) is 34.0 Å². The second-order valence-corrected chi connectivity index (χ2v) is 13.5. The average Bonchev–Trinajstić information content (AvgIpc) is 3.30. The predicted octanol–water partition coefficient (Wildman–Crippen LogP) is 8.67. The zero-order valence-electron chi connectivity index (χ0n) is 24.9. The van der Waals surface area contributed by atoms with E-state index in [4.69, 9.17) is 4.74 Å². The summed E-state index contributed by atoms with van der Waals surface area (Å²) in [7, 11) is 0. The summed E-state index contributed by atoms with van der Waals surface area (Å²) in [5, 5.41) is 0. The fraction of sp³-hybridized carbons (Fsp3) is 0.432. The first-order chi connectivity index (χ1) is 21.0. The molecule has 5 nitrogen and oxygen atoms in total. The number of hydrogen-bond acceptors (Lipinski definition) is 4. The molecule has 1 aliphatic heterocycles. The van der Waals surface area contributed by atoms with E-state index in [-0.39, 0.29) is 17.7 Å². The van der Waals surface area contributed by atoms with Crippen molar-refractivity contribution in [2.75, 3.05) is 11.5 Å². The van der Waals surface area contributed by atoms with Gasteiger partial charge in [0.25, 0.3) is 0 Å². The van der Waals surface area contributed by atoms with Gasteiger partial charge in [0.15, 0.2) is 0 Å². The zero-order valence-corrected chi connectivity index (χ0v) is 26.5. The molecule has 43 heavy (non-hydrogen) atoms. The average molecular weight is 643 g/mol. The molecule has 2 amide bonds. The van der Waals surface area contributed by atoms with Gasteiger partial charge in [0.1, 0.15) is 0 Å². The molecule has 1 saturated heterocycles. The number of hydrogen-bond donors (Lipinski definition) is 0. The number of unbranched alkanes of at least 4 members (excludes halogenated alkanes) is 9. The number of halogens is 1. The van der Waals surface area contributed by atoms with Crippen LogP contribution in [-0.2, 0) is 18.7 Å². The molecule has 1 heterocycles. The summed E-state index contributed by atoms with van der Waals surface area (Å²) in [6.07, 6.45) is 12.1. The van der Waals surface area contributed by atoms with Crippen LogP contribution in [0.2, 0.25) is 0 Å². The Morgan fingerprint density at radius 3 is 1.98 bits per heavy atom. The summed E-state index contributed by atoms with van der Waals surface area (Å²) in [6, 6.07) is 23.0. The fourth-order valence-corrected chi connectivity index (χ4v) is 8.75. The van der Waals surface area contributed by atoms with Crippen molar-refractivity contribution in [2.45, 2.75) is 81.4 Å². The third kappa shape index (κ3) is 5.26. The molecule has 0 unspecified atom stereocenters. The number of carbonyl (C=O) groups excluding carboxylic acids is 3. The molecule has 224 valence electrons. The van der Waals surface area contributed by atoms with Crippen molar-refractivity contribution in [3.05, 3.63) is 101 Å². The van der Waals surface area contributed by atoms with E-state index in [2.05, 4.69) is 47.1 Å². The fourth-order valence-electron chi connectivity index (χ4n) is 7.54. The molecule has 0 radical (unpaired) electrons. The number of carbonyl (C=O) groups is 3. The maximum Gasteiger partial charge on any atom is 0.338 e. The maximum absolute atomic E-state index is 14.2. The van der Waals surface area contributed by atoms with Crippen molar-refractivity contribution in [1.82, 2.24) is 0 Å². The van der Waals surface area contributed by atoms with E-state index in [9.17, 15) is 14.4 Å². The molecule has 0 saturated carbocycles. The molecule has 3 aromatic rings. The van der Waals surface area contributed by atoms with E-state index in [0.29, 0.717) is 17.9 Å². The molecule has 0 spiro atoms. The van der Waals surface area contributed by atoms with Crippen LogP contribution in [0.15, 0.2) is 72.8 Å². The van der Waals surface area contributed by atoms with Gasteiger partial charge in [-0.1, -0.05) is 135 Å². The number of nitrogens with zero attached hydrogens (tertiary/aromatic N) is 1. The van der Waals surface area contributed by atoms with Crippen LogP contribution < -0.4 is 4.90 Å². The third-order valence-electron chi connectivity index (χ3n) is 9.59. The van der Waals surface area contributed by atoms with Crippen LogP contribution in [0.1, 0.15) is 110 Å². The highest BCUT2D eigenvalue weighted by atomic mass is 79.9. The molecule has 2 atom stereocenters. The molecule has 7 rings (SSSR count). The Kier molecular flexibility index (Phi) is 8.85. The largest absolute Gasteiger partial charge is 0.462 e. The lowest BCUT2D eigenvalue weighted by atomic mass is 9.55. The SMILES string of the molecule is CCCCCCCCCCCCOC(=O)c1cccc(N2C(=O)[C@H]3C4c5ccccc5C(Br)(c5ccccc54)[C@H]3C2=O)c1. The molecule has 2 bridgehead atoms. The second-order valence-electron chi connectivity index (χ2n) is 12.2. The van der Waals surface area contributed by atoms with Gasteiger partial charge in [0.2, 0.25) is 11.8 Å². The number of amides is 2. The molecule has 3 aromatic carbocycles. The Morgan fingerprint density at radius 1 is 0.767 bits per heavy atom. The van der Waals surface area contributed by atoms with Crippen molar-refractivity contribution in [1.29, 1.82) is 0 Å². The molecular weight excluding hydrogens is 602 g/mol. The Bertz CT molecular complexity index is 1470. The number of benzene rings is 3. The van der Waals surface area contributed by atoms with E-state index >= 15 is 0 Å². The summed E-state index contributed by atoms with van der Waals surface area (Å²) in [6.45, 7) is 2.61. The van der Waals surface area contributed by atoms with Crippen LogP contribution >= 0.6 is 15.9 Å². The van der Waals surface area contributed by atoms with Crippen LogP contribution in [0.4, 0.5) is 5.69 Å². The quantitative estimate of drug-likeness (QED) is 0.0810. The van der Waals surface area contributed by atoms with Crippen LogP contribution in [0.5, 0.6) is 0 Å². The molecule has 1 fully saturated rings. The third-order valence-corrected chi connectivity index (χ3v) is 10.9. The first-order valence-electron chi connectivity index (χ1n) is 16.0. The number of imide groups is 1. The summed E-state index contributed by atoms with van der Waals surface area (Å²) in [4.78, 5) is 42.6. The monoisotopic (exact) mass is 641 g/mol. The minimum absolute atomic E-state index is 0.201. The number of anilines is 1. The number of esters is 1. The zero-order chi connectivity index (χ0) is 30.0. The summed E-state index contributed by atoms with van der Waals surface area (Å²) in [5.41, 5.74) is 5.04. The highest BCUT2D eigenvalue weighted by Gasteiger charge is 2.67. The Labute approximate surface area is 263 Å². The van der Waals surface area contributed by atoms with Crippen molar-refractivity contribution >= 4 is 39.4 Å². The first kappa shape index (κ1) is 29.8. The van der Waals surface area contributed by atoms with Gasteiger partial charge < -0.3 is 4.74 Å². The first-order valence-corrected chi connectivity index (χ1v) is 16.8. The van der Waals surface area contributed by atoms with E-state index in [1.165, 1.54) is 49.8 Å². The minimum Gasteiger partial charge on any atom is -0.462 e. The Balaban J connectivity index is 1.12. The van der Waals surface area contributed by atoms with E-state index in [1.807, 2.05) is 24.3 Å². The highest BCUT2D eigenvalue weighted by molar-refractivity contribution is 9.09. The van der Waals surface area contributed by atoms with Crippen LogP contribution in [0.25, 0.3) is 0 Å². The van der Waals surface area contributed by atoms with E-state index in [1.54, 1.807) is 24.3 Å². The number of rotatable bonds is 13. The molecule has 0 N–H and O–H groups in total. The molecule has 4 aliphatic rings. The van der Waals surface area contributed by atoms with Gasteiger partial charge in [-0.05, 0) is 46.9 Å². The Morgan fingerprint density at radius 2 is 1.35 bits per heavy atom. The molecule has 3 aliphatic carbocycles. The summed E-state index contributed by atoms with van der Waals surface area (Å²) in [5.74, 6) is -2.19. The maximum atomic E-state index is 14.2. The van der Waals surface area contributed by atoms with Crippen molar-refractivity contribution in [2.24, 2.45) is 11.8 Å². The van der Waals surface area contributed by atoms with Gasteiger partial charge in [-0.2, -0.15) is 0 Å². The van der Waals surface area contributed by atoms with Gasteiger partial charge in [-0.25, -0.2) is 9.69 Å². The summed E-state index contributed by atoms with van der Waals surface area (Å²) >= 11 is 4.04. The van der Waals surface area contributed by atoms with Gasteiger partial charge >= 0.3 is 5.97 Å². The highest BCUT2D eigenvalue weighted by Crippen LogP contribution is 2.66. The van der Waals surface area contributed by atoms with Crippen LogP contribution in [0.3, 0.4) is 0 Å². The van der Waals surface area contributed by atoms with Crippen molar-refractivity contribution < 1.29 is 19.1 Å². The van der Waals surface area contributed by atoms with Crippen LogP contribution in [0, 0.1) is 11.8 Å². The van der Waals surface area contributed by atoms with E-state index < -0.39 is 22.1 Å². The number of ether oxygens (including phenoxy) is 1. The van der Waals surface area contributed by atoms with Crippen molar-refractivity contribution in [3.8, 4) is 0 Å². The molecular formula is C37H40BrNO4. The Hall–Kier alpha value is -3.25. The summed E-state index contributed by atoms with van der Waals surface area (Å²) < 4.78 is 4.78. The standard InChI is InChI=1S/C37H40BrNO4/c1-2-3-4-5-6-7-8-9-10-15-23-43-36(42)25-17-16-18-26(24-25)39-34(40)32-31-27-19-11-13-21-29(27)37(38,33(32)35(39)41)30-22-14-12-20-28(30)31/h11-14,16-22,24,31-33H,2-10,15,23H2,1H3/t31?,32-,33+,37?/m0/s1.